The zero-order valence-electron chi connectivity index (χ0n) is 9.96. The van der Waals surface area contributed by atoms with E-state index in [1.54, 1.807) is 0 Å². The highest BCUT2D eigenvalue weighted by atomic mass is 16.3. The Kier molecular flexibility index (Phi) is 3.50. The van der Waals surface area contributed by atoms with Crippen LogP contribution in [0.1, 0.15) is 39.0 Å². The van der Waals surface area contributed by atoms with E-state index in [0.717, 1.165) is 38.6 Å². The maximum Gasteiger partial charge on any atom is 0.223 e. The van der Waals surface area contributed by atoms with Gasteiger partial charge in [-0.15, -0.1) is 0 Å². The minimum Gasteiger partial charge on any atom is -0.388 e. The molecule has 2 rings (SSSR count). The Morgan fingerprint density at radius 1 is 1.56 bits per heavy atom. The van der Waals surface area contributed by atoms with Crippen molar-refractivity contribution >= 4 is 5.91 Å². The van der Waals surface area contributed by atoms with Crippen LogP contribution in [0.2, 0.25) is 0 Å². The molecule has 1 aliphatic carbocycles. The summed E-state index contributed by atoms with van der Waals surface area (Å²) in [5.74, 6) is 0.244. The summed E-state index contributed by atoms with van der Waals surface area (Å²) in [7, 11) is 0. The van der Waals surface area contributed by atoms with Gasteiger partial charge >= 0.3 is 0 Å². The van der Waals surface area contributed by atoms with Crippen molar-refractivity contribution in [3.05, 3.63) is 0 Å². The molecule has 3 N–H and O–H groups in total. The average molecular weight is 226 g/mol. The van der Waals surface area contributed by atoms with E-state index in [1.807, 2.05) is 0 Å². The second-order valence-corrected chi connectivity index (χ2v) is 5.37. The third-order valence-corrected chi connectivity index (χ3v) is 3.87. The first-order valence-electron chi connectivity index (χ1n) is 6.32. The lowest BCUT2D eigenvalue weighted by Crippen LogP contribution is -2.50. The predicted molar refractivity (Wildman–Crippen MR) is 62.0 cm³/mol. The molecular formula is C12H22N2O2. The largest absolute Gasteiger partial charge is 0.388 e. The van der Waals surface area contributed by atoms with Gasteiger partial charge in [-0.25, -0.2) is 0 Å². The molecule has 1 saturated heterocycles. The molecule has 0 bridgehead atoms. The van der Waals surface area contributed by atoms with Gasteiger partial charge in [0.2, 0.25) is 5.91 Å². The zero-order chi connectivity index (χ0) is 11.6. The molecule has 0 spiro atoms. The fourth-order valence-electron chi connectivity index (χ4n) is 2.53. The quantitative estimate of drug-likeness (QED) is 0.653. The third-order valence-electron chi connectivity index (χ3n) is 3.87. The molecule has 0 aromatic heterocycles. The standard InChI is InChI=1S/C12H22N2O2/c1-9-7-10(3-6-13-9)11(15)14-8-12(16)4-2-5-12/h9-10,13,16H,2-8H2,1H3,(H,14,15). The van der Waals surface area contributed by atoms with Crippen molar-refractivity contribution in [2.45, 2.75) is 50.7 Å². The van der Waals surface area contributed by atoms with Crippen LogP contribution >= 0.6 is 0 Å². The molecule has 0 aromatic carbocycles. The molecule has 2 unspecified atom stereocenters. The summed E-state index contributed by atoms with van der Waals surface area (Å²) in [6, 6.07) is 0.427. The molecule has 2 atom stereocenters. The summed E-state index contributed by atoms with van der Waals surface area (Å²) in [5, 5.41) is 16.1. The van der Waals surface area contributed by atoms with Crippen LogP contribution in [-0.4, -0.2) is 35.7 Å². The van der Waals surface area contributed by atoms with E-state index in [-0.39, 0.29) is 11.8 Å². The van der Waals surface area contributed by atoms with E-state index in [2.05, 4.69) is 17.6 Å². The minimum absolute atomic E-state index is 0.119. The Balaban J connectivity index is 1.74. The van der Waals surface area contributed by atoms with Gasteiger partial charge in [-0.3, -0.25) is 4.79 Å². The van der Waals surface area contributed by atoms with Crippen LogP contribution in [-0.2, 0) is 4.79 Å². The van der Waals surface area contributed by atoms with Crippen molar-refractivity contribution in [3.63, 3.8) is 0 Å². The number of nitrogens with one attached hydrogen (secondary N) is 2. The Morgan fingerprint density at radius 2 is 2.31 bits per heavy atom. The first-order valence-corrected chi connectivity index (χ1v) is 6.32. The van der Waals surface area contributed by atoms with Crippen molar-refractivity contribution < 1.29 is 9.90 Å². The average Bonchev–Trinajstić information content (AvgIpc) is 2.23. The van der Waals surface area contributed by atoms with Crippen molar-refractivity contribution in [1.29, 1.82) is 0 Å². The fourth-order valence-corrected chi connectivity index (χ4v) is 2.53. The van der Waals surface area contributed by atoms with Crippen LogP contribution < -0.4 is 10.6 Å². The molecular weight excluding hydrogens is 204 g/mol. The van der Waals surface area contributed by atoms with Crippen molar-refractivity contribution in [2.75, 3.05) is 13.1 Å². The van der Waals surface area contributed by atoms with E-state index in [4.69, 9.17) is 0 Å². The van der Waals surface area contributed by atoms with Gasteiger partial charge in [0.1, 0.15) is 0 Å². The van der Waals surface area contributed by atoms with Crippen molar-refractivity contribution in [3.8, 4) is 0 Å². The second-order valence-electron chi connectivity index (χ2n) is 5.37. The van der Waals surface area contributed by atoms with E-state index in [9.17, 15) is 9.90 Å². The molecule has 4 heteroatoms. The van der Waals surface area contributed by atoms with Gasteiger partial charge in [0.15, 0.2) is 0 Å². The predicted octanol–water partition coefficient (Wildman–Crippen LogP) is 0.406. The highest BCUT2D eigenvalue weighted by Gasteiger charge is 2.35. The highest BCUT2D eigenvalue weighted by Crippen LogP contribution is 2.30. The number of hydrogen-bond acceptors (Lipinski definition) is 3. The lowest BCUT2D eigenvalue weighted by atomic mass is 9.80. The minimum atomic E-state index is -0.603. The van der Waals surface area contributed by atoms with Crippen LogP contribution in [0.5, 0.6) is 0 Å². The first-order chi connectivity index (χ1) is 7.59. The number of piperidine rings is 1. The molecule has 1 amide bonds. The van der Waals surface area contributed by atoms with Gasteiger partial charge < -0.3 is 15.7 Å². The summed E-state index contributed by atoms with van der Waals surface area (Å²) < 4.78 is 0. The van der Waals surface area contributed by atoms with Gasteiger partial charge in [-0.2, -0.15) is 0 Å². The lowest BCUT2D eigenvalue weighted by Gasteiger charge is -2.37. The van der Waals surface area contributed by atoms with E-state index in [0.29, 0.717) is 12.6 Å². The van der Waals surface area contributed by atoms with Crippen LogP contribution in [0.15, 0.2) is 0 Å². The van der Waals surface area contributed by atoms with Gasteiger partial charge in [0, 0.05) is 18.5 Å². The van der Waals surface area contributed by atoms with E-state index in [1.165, 1.54) is 0 Å². The smallest absolute Gasteiger partial charge is 0.223 e. The summed E-state index contributed by atoms with van der Waals surface area (Å²) in [6.45, 7) is 3.46. The van der Waals surface area contributed by atoms with Crippen LogP contribution in [0.4, 0.5) is 0 Å². The highest BCUT2D eigenvalue weighted by molar-refractivity contribution is 5.78. The summed E-state index contributed by atoms with van der Waals surface area (Å²) in [4.78, 5) is 11.9. The maximum atomic E-state index is 11.9. The Hall–Kier alpha value is -0.610. The Labute approximate surface area is 96.8 Å². The van der Waals surface area contributed by atoms with Crippen molar-refractivity contribution in [2.24, 2.45) is 5.92 Å². The van der Waals surface area contributed by atoms with Gasteiger partial charge in [-0.1, -0.05) is 0 Å². The molecule has 2 fully saturated rings. The number of amides is 1. The van der Waals surface area contributed by atoms with E-state index < -0.39 is 5.60 Å². The Morgan fingerprint density at radius 3 is 2.88 bits per heavy atom. The first kappa shape index (κ1) is 11.9. The second kappa shape index (κ2) is 4.72. The topological polar surface area (TPSA) is 61.4 Å². The fraction of sp³-hybridized carbons (Fsp3) is 0.917. The SMILES string of the molecule is CC1CC(C(=O)NCC2(O)CCC2)CCN1. The van der Waals surface area contributed by atoms with Gasteiger partial charge in [-0.05, 0) is 45.6 Å². The van der Waals surface area contributed by atoms with Gasteiger partial charge in [0.25, 0.3) is 0 Å². The summed E-state index contributed by atoms with van der Waals surface area (Å²) in [6.07, 6.45) is 4.56. The third kappa shape index (κ3) is 2.74. The molecule has 4 nitrogen and oxygen atoms in total. The normalized spacial score (nSPS) is 32.9. The summed E-state index contributed by atoms with van der Waals surface area (Å²) in [5.41, 5.74) is -0.603. The van der Waals surface area contributed by atoms with Gasteiger partial charge in [0.05, 0.1) is 5.60 Å². The van der Waals surface area contributed by atoms with E-state index >= 15 is 0 Å². The number of carbonyl (C=O) groups is 1. The molecule has 1 heterocycles. The number of carbonyl (C=O) groups excluding carboxylic acids is 1. The molecule has 2 aliphatic rings. The molecule has 92 valence electrons. The maximum absolute atomic E-state index is 11.9. The molecule has 1 saturated carbocycles. The van der Waals surface area contributed by atoms with Crippen LogP contribution in [0, 0.1) is 5.92 Å². The number of rotatable bonds is 3. The molecule has 0 aromatic rings. The molecule has 1 aliphatic heterocycles. The lowest BCUT2D eigenvalue weighted by molar-refractivity contribution is -0.128. The summed E-state index contributed by atoms with van der Waals surface area (Å²) >= 11 is 0. The van der Waals surface area contributed by atoms with Crippen LogP contribution in [0.3, 0.4) is 0 Å². The molecule has 16 heavy (non-hydrogen) atoms. The van der Waals surface area contributed by atoms with Crippen LogP contribution in [0.25, 0.3) is 0 Å². The van der Waals surface area contributed by atoms with Crippen molar-refractivity contribution in [1.82, 2.24) is 10.6 Å². The number of hydrogen-bond donors (Lipinski definition) is 3. The molecule has 0 radical (unpaired) electrons. The Bertz CT molecular complexity index is 264. The zero-order valence-corrected chi connectivity index (χ0v) is 9.96. The number of aliphatic hydroxyl groups is 1. The monoisotopic (exact) mass is 226 g/mol.